The second kappa shape index (κ2) is 7.52. The van der Waals surface area contributed by atoms with E-state index in [1.807, 2.05) is 0 Å². The summed E-state index contributed by atoms with van der Waals surface area (Å²) in [5.41, 5.74) is 1.62. The Morgan fingerprint density at radius 2 is 2.00 bits per heavy atom. The number of rotatable bonds is 4. The Balaban J connectivity index is 1.80. The van der Waals surface area contributed by atoms with E-state index in [2.05, 4.69) is 16.2 Å². The van der Waals surface area contributed by atoms with Crippen LogP contribution >= 0.6 is 11.6 Å². The van der Waals surface area contributed by atoms with Crippen LogP contribution in [0.4, 0.5) is 5.69 Å². The average molecular weight is 349 g/mol. The molecule has 0 radical (unpaired) electrons. The molecule has 0 atom stereocenters. The van der Waals surface area contributed by atoms with Crippen molar-refractivity contribution in [1.29, 1.82) is 0 Å². The number of aromatic nitrogens is 1. The van der Waals surface area contributed by atoms with E-state index >= 15 is 0 Å². The Morgan fingerprint density at radius 1 is 1.12 bits per heavy atom. The molecule has 122 valence electrons. The van der Waals surface area contributed by atoms with Crippen molar-refractivity contribution in [2.75, 3.05) is 5.32 Å². The number of nitrogens with one attached hydrogen (secondary N) is 1. The van der Waals surface area contributed by atoms with Gasteiger partial charge in [0.1, 0.15) is 11.5 Å². The van der Waals surface area contributed by atoms with Crippen LogP contribution in [0.25, 0.3) is 0 Å². The van der Waals surface area contributed by atoms with Crippen molar-refractivity contribution < 1.29 is 9.53 Å². The van der Waals surface area contributed by atoms with Gasteiger partial charge in [-0.3, -0.25) is 9.78 Å². The number of hydrogen-bond acceptors (Lipinski definition) is 3. The summed E-state index contributed by atoms with van der Waals surface area (Å²) < 4.78 is 5.70. The molecular weight excluding hydrogens is 336 g/mol. The molecule has 3 aromatic rings. The molecule has 0 saturated heterocycles. The first-order chi connectivity index (χ1) is 12.1. The van der Waals surface area contributed by atoms with Gasteiger partial charge < -0.3 is 10.1 Å². The Bertz CT molecular complexity index is 949. The van der Waals surface area contributed by atoms with Gasteiger partial charge in [0, 0.05) is 34.1 Å². The maximum absolute atomic E-state index is 12.4. The number of nitrogens with zero attached hydrogens (tertiary/aromatic N) is 1. The third-order valence-corrected chi connectivity index (χ3v) is 3.51. The van der Waals surface area contributed by atoms with Crippen LogP contribution in [-0.4, -0.2) is 10.9 Å². The molecule has 0 aliphatic heterocycles. The van der Waals surface area contributed by atoms with Crippen LogP contribution in [-0.2, 0) is 0 Å². The van der Waals surface area contributed by atoms with Gasteiger partial charge in [0.15, 0.2) is 0 Å². The first-order valence-electron chi connectivity index (χ1n) is 7.40. The van der Waals surface area contributed by atoms with Crippen LogP contribution in [0, 0.1) is 12.3 Å². The van der Waals surface area contributed by atoms with E-state index in [0.29, 0.717) is 33.3 Å². The Kier molecular flexibility index (Phi) is 4.98. The van der Waals surface area contributed by atoms with E-state index in [0.717, 1.165) is 0 Å². The minimum absolute atomic E-state index is 0.285. The quantitative estimate of drug-likeness (QED) is 0.691. The number of terminal acetylenes is 1. The zero-order valence-corrected chi connectivity index (χ0v) is 13.8. The van der Waals surface area contributed by atoms with Gasteiger partial charge in [0.25, 0.3) is 5.91 Å². The Labute approximate surface area is 150 Å². The zero-order valence-electron chi connectivity index (χ0n) is 13.1. The fourth-order valence-corrected chi connectivity index (χ4v) is 2.42. The third-order valence-electron chi connectivity index (χ3n) is 3.29. The fourth-order valence-electron chi connectivity index (χ4n) is 2.19. The number of carbonyl (C=O) groups excluding carboxylic acids is 1. The molecule has 0 bridgehead atoms. The average Bonchev–Trinajstić information content (AvgIpc) is 2.62. The molecule has 1 N–H and O–H groups in total. The molecule has 1 aromatic heterocycles. The highest BCUT2D eigenvalue weighted by Gasteiger charge is 2.09. The maximum Gasteiger partial charge on any atom is 0.255 e. The van der Waals surface area contributed by atoms with Gasteiger partial charge in [-0.1, -0.05) is 23.6 Å². The molecule has 2 aromatic carbocycles. The lowest BCUT2D eigenvalue weighted by molar-refractivity contribution is 0.102. The van der Waals surface area contributed by atoms with Gasteiger partial charge >= 0.3 is 0 Å². The van der Waals surface area contributed by atoms with E-state index in [-0.39, 0.29) is 5.91 Å². The van der Waals surface area contributed by atoms with Gasteiger partial charge in [-0.2, -0.15) is 0 Å². The summed E-state index contributed by atoms with van der Waals surface area (Å²) >= 11 is 6.12. The molecule has 0 fully saturated rings. The van der Waals surface area contributed by atoms with Crippen molar-refractivity contribution in [3.8, 4) is 23.8 Å². The summed E-state index contributed by atoms with van der Waals surface area (Å²) in [5.74, 6) is 3.29. The first kappa shape index (κ1) is 16.6. The second-order valence-electron chi connectivity index (χ2n) is 5.15. The number of pyridine rings is 1. The van der Waals surface area contributed by atoms with Crippen molar-refractivity contribution in [2.24, 2.45) is 0 Å². The SMILES string of the molecule is C#Cc1cccc(C(=O)Nc2cc(Cl)cc(Oc3cccnc3)c2)c1. The molecule has 1 heterocycles. The Morgan fingerprint density at radius 3 is 2.76 bits per heavy atom. The number of amides is 1. The first-order valence-corrected chi connectivity index (χ1v) is 7.78. The van der Waals surface area contributed by atoms with Crippen LogP contribution in [0.1, 0.15) is 15.9 Å². The standard InChI is InChI=1S/C20H13ClN2O2/c1-2-14-5-3-6-15(9-14)20(24)23-17-10-16(21)11-19(12-17)25-18-7-4-8-22-13-18/h1,3-13H,(H,23,24). The van der Waals surface area contributed by atoms with Crippen molar-refractivity contribution >= 4 is 23.2 Å². The summed E-state index contributed by atoms with van der Waals surface area (Å²) in [7, 11) is 0. The fraction of sp³-hybridized carbons (Fsp3) is 0. The lowest BCUT2D eigenvalue weighted by atomic mass is 10.1. The number of anilines is 1. The summed E-state index contributed by atoms with van der Waals surface area (Å²) in [6, 6.07) is 15.3. The molecule has 0 saturated carbocycles. The highest BCUT2D eigenvalue weighted by Crippen LogP contribution is 2.28. The lowest BCUT2D eigenvalue weighted by Gasteiger charge is -2.10. The highest BCUT2D eigenvalue weighted by atomic mass is 35.5. The van der Waals surface area contributed by atoms with Crippen molar-refractivity contribution in [3.05, 3.63) is 83.1 Å². The molecule has 0 unspecified atom stereocenters. The van der Waals surface area contributed by atoms with Gasteiger partial charge in [0.05, 0.1) is 6.20 Å². The number of carbonyl (C=O) groups is 1. The number of ether oxygens (including phenoxy) is 1. The molecular formula is C20H13ClN2O2. The van der Waals surface area contributed by atoms with Crippen LogP contribution in [0.2, 0.25) is 5.02 Å². The lowest BCUT2D eigenvalue weighted by Crippen LogP contribution is -2.12. The molecule has 0 spiro atoms. The van der Waals surface area contributed by atoms with Crippen LogP contribution < -0.4 is 10.1 Å². The van der Waals surface area contributed by atoms with Crippen LogP contribution in [0.3, 0.4) is 0 Å². The molecule has 25 heavy (non-hydrogen) atoms. The minimum Gasteiger partial charge on any atom is -0.456 e. The van der Waals surface area contributed by atoms with E-state index in [4.69, 9.17) is 22.8 Å². The van der Waals surface area contributed by atoms with Gasteiger partial charge in [-0.15, -0.1) is 6.42 Å². The van der Waals surface area contributed by atoms with E-state index < -0.39 is 0 Å². The molecule has 5 heteroatoms. The van der Waals surface area contributed by atoms with Crippen molar-refractivity contribution in [3.63, 3.8) is 0 Å². The van der Waals surface area contributed by atoms with Gasteiger partial charge in [0.2, 0.25) is 0 Å². The largest absolute Gasteiger partial charge is 0.456 e. The monoisotopic (exact) mass is 348 g/mol. The van der Waals surface area contributed by atoms with E-state index in [1.165, 1.54) is 0 Å². The number of hydrogen-bond donors (Lipinski definition) is 1. The predicted molar refractivity (Wildman–Crippen MR) is 98.1 cm³/mol. The Hall–Kier alpha value is -3.29. The minimum atomic E-state index is -0.285. The van der Waals surface area contributed by atoms with Gasteiger partial charge in [-0.05, 0) is 42.5 Å². The number of halogens is 1. The number of benzene rings is 2. The normalized spacial score (nSPS) is 9.92. The molecule has 0 aliphatic carbocycles. The maximum atomic E-state index is 12.4. The van der Waals surface area contributed by atoms with E-state index in [1.54, 1.807) is 67.0 Å². The van der Waals surface area contributed by atoms with Crippen molar-refractivity contribution in [1.82, 2.24) is 4.98 Å². The van der Waals surface area contributed by atoms with E-state index in [9.17, 15) is 4.79 Å². The smallest absolute Gasteiger partial charge is 0.255 e. The summed E-state index contributed by atoms with van der Waals surface area (Å²) in [4.78, 5) is 16.4. The molecule has 3 rings (SSSR count). The highest BCUT2D eigenvalue weighted by molar-refractivity contribution is 6.31. The summed E-state index contributed by atoms with van der Waals surface area (Å²) in [5, 5.41) is 3.23. The van der Waals surface area contributed by atoms with Crippen molar-refractivity contribution in [2.45, 2.75) is 0 Å². The topological polar surface area (TPSA) is 51.2 Å². The second-order valence-corrected chi connectivity index (χ2v) is 5.58. The van der Waals surface area contributed by atoms with Gasteiger partial charge in [-0.25, -0.2) is 0 Å². The third kappa shape index (κ3) is 4.37. The van der Waals surface area contributed by atoms with Crippen LogP contribution in [0.15, 0.2) is 67.0 Å². The molecule has 1 amide bonds. The predicted octanol–water partition coefficient (Wildman–Crippen LogP) is 4.76. The van der Waals surface area contributed by atoms with Crippen LogP contribution in [0.5, 0.6) is 11.5 Å². The zero-order chi connectivity index (χ0) is 17.6. The summed E-state index contributed by atoms with van der Waals surface area (Å²) in [6.45, 7) is 0. The summed E-state index contributed by atoms with van der Waals surface area (Å²) in [6.07, 6.45) is 8.61. The molecule has 0 aliphatic rings. The molecule has 4 nitrogen and oxygen atoms in total.